The summed E-state index contributed by atoms with van der Waals surface area (Å²) in [6, 6.07) is 14.4. The van der Waals surface area contributed by atoms with Gasteiger partial charge in [0.1, 0.15) is 24.2 Å². The molecule has 0 saturated heterocycles. The highest BCUT2D eigenvalue weighted by Crippen LogP contribution is 2.15. The first-order valence-electron chi connectivity index (χ1n) is 7.50. The van der Waals surface area contributed by atoms with Crippen LogP contribution in [0.2, 0.25) is 0 Å². The third-order valence-corrected chi connectivity index (χ3v) is 3.44. The van der Waals surface area contributed by atoms with E-state index in [0.29, 0.717) is 23.7 Å². The molecule has 1 aromatic carbocycles. The van der Waals surface area contributed by atoms with E-state index in [2.05, 4.69) is 9.97 Å². The predicted octanol–water partition coefficient (Wildman–Crippen LogP) is 2.26. The number of imidazole rings is 1. The van der Waals surface area contributed by atoms with Crippen molar-refractivity contribution in [3.05, 3.63) is 66.6 Å². The van der Waals surface area contributed by atoms with Crippen LogP contribution in [0.4, 0.5) is 0 Å². The molecule has 6 nitrogen and oxygen atoms in total. The van der Waals surface area contributed by atoms with Crippen molar-refractivity contribution in [1.82, 2.24) is 14.5 Å². The molecule has 6 heteroatoms. The van der Waals surface area contributed by atoms with Gasteiger partial charge in [0.2, 0.25) is 0 Å². The third-order valence-electron chi connectivity index (χ3n) is 3.44. The van der Waals surface area contributed by atoms with Crippen molar-refractivity contribution in [3.8, 4) is 23.3 Å². The molecule has 0 unspecified atom stereocenters. The SMILES string of the molecule is N#Cc1ccc(OC[C@H](O)Cn2ccnc2-c2ccccn2)cc1. The molecule has 0 amide bonds. The molecule has 0 fully saturated rings. The fraction of sp³-hybridized carbons (Fsp3) is 0.167. The second-order valence-corrected chi connectivity index (χ2v) is 5.22. The Bertz CT molecular complexity index is 822. The van der Waals surface area contributed by atoms with E-state index in [9.17, 15) is 5.11 Å². The Labute approximate surface area is 139 Å². The highest BCUT2D eigenvalue weighted by molar-refractivity contribution is 5.49. The van der Waals surface area contributed by atoms with Gasteiger partial charge in [0.05, 0.1) is 18.2 Å². The van der Waals surface area contributed by atoms with Gasteiger partial charge < -0.3 is 14.4 Å². The minimum absolute atomic E-state index is 0.145. The Morgan fingerprint density at radius 1 is 1.12 bits per heavy atom. The van der Waals surface area contributed by atoms with Crippen molar-refractivity contribution in [3.63, 3.8) is 0 Å². The lowest BCUT2D eigenvalue weighted by Gasteiger charge is -2.14. The van der Waals surface area contributed by atoms with E-state index in [1.165, 1.54) is 0 Å². The smallest absolute Gasteiger partial charge is 0.158 e. The summed E-state index contributed by atoms with van der Waals surface area (Å²) in [4.78, 5) is 8.57. The lowest BCUT2D eigenvalue weighted by atomic mass is 10.2. The molecule has 0 spiro atoms. The van der Waals surface area contributed by atoms with E-state index in [0.717, 1.165) is 5.69 Å². The number of aliphatic hydroxyl groups is 1. The van der Waals surface area contributed by atoms with Gasteiger partial charge in [-0.3, -0.25) is 4.98 Å². The number of nitrogens with zero attached hydrogens (tertiary/aromatic N) is 4. The molecule has 2 aromatic heterocycles. The highest BCUT2D eigenvalue weighted by Gasteiger charge is 2.12. The Kier molecular flexibility index (Phi) is 4.84. The Morgan fingerprint density at radius 2 is 1.96 bits per heavy atom. The first kappa shape index (κ1) is 15.7. The maximum absolute atomic E-state index is 10.2. The summed E-state index contributed by atoms with van der Waals surface area (Å²) in [6.45, 7) is 0.494. The summed E-state index contributed by atoms with van der Waals surface area (Å²) in [5.74, 6) is 1.32. The minimum atomic E-state index is -0.697. The van der Waals surface area contributed by atoms with Crippen LogP contribution in [0.15, 0.2) is 61.1 Å². The van der Waals surface area contributed by atoms with Crippen LogP contribution in [0.3, 0.4) is 0 Å². The average Bonchev–Trinajstić information content (AvgIpc) is 3.09. The number of nitriles is 1. The van der Waals surface area contributed by atoms with E-state index in [-0.39, 0.29) is 6.61 Å². The maximum Gasteiger partial charge on any atom is 0.158 e. The van der Waals surface area contributed by atoms with E-state index in [1.807, 2.05) is 28.8 Å². The predicted molar refractivity (Wildman–Crippen MR) is 88.1 cm³/mol. The third kappa shape index (κ3) is 3.77. The van der Waals surface area contributed by atoms with Gasteiger partial charge in [0, 0.05) is 18.6 Å². The molecule has 0 aliphatic carbocycles. The standard InChI is InChI=1S/C18H16N4O2/c19-11-14-4-6-16(7-5-14)24-13-15(23)12-22-10-9-21-18(22)17-3-1-2-8-20-17/h1-10,15,23H,12-13H2/t15-/m1/s1. The van der Waals surface area contributed by atoms with Crippen LogP contribution in [0.5, 0.6) is 5.75 Å². The van der Waals surface area contributed by atoms with Crippen molar-refractivity contribution in [2.45, 2.75) is 12.6 Å². The topological polar surface area (TPSA) is 84.0 Å². The van der Waals surface area contributed by atoms with Crippen LogP contribution < -0.4 is 4.74 Å². The maximum atomic E-state index is 10.2. The fourth-order valence-corrected chi connectivity index (χ4v) is 2.28. The Hall–Kier alpha value is -3.17. The van der Waals surface area contributed by atoms with Gasteiger partial charge in [-0.05, 0) is 36.4 Å². The summed E-state index contributed by atoms with van der Waals surface area (Å²) >= 11 is 0. The molecule has 1 N–H and O–H groups in total. The van der Waals surface area contributed by atoms with Gasteiger partial charge in [-0.25, -0.2) is 4.98 Å². The molecular formula is C18H16N4O2. The summed E-state index contributed by atoms with van der Waals surface area (Å²) in [6.07, 6.45) is 4.49. The van der Waals surface area contributed by atoms with Gasteiger partial charge in [0.15, 0.2) is 5.82 Å². The molecule has 0 saturated carbocycles. The van der Waals surface area contributed by atoms with Gasteiger partial charge in [-0.1, -0.05) is 6.07 Å². The van der Waals surface area contributed by atoms with E-state index < -0.39 is 6.10 Å². The molecule has 2 heterocycles. The molecule has 0 bridgehead atoms. The lowest BCUT2D eigenvalue weighted by Crippen LogP contribution is -2.23. The molecule has 120 valence electrons. The number of pyridine rings is 1. The minimum Gasteiger partial charge on any atom is -0.491 e. The number of ether oxygens (including phenoxy) is 1. The van der Waals surface area contributed by atoms with Gasteiger partial charge in [-0.15, -0.1) is 0 Å². The molecule has 24 heavy (non-hydrogen) atoms. The molecule has 0 radical (unpaired) electrons. The van der Waals surface area contributed by atoms with Crippen LogP contribution >= 0.6 is 0 Å². The second kappa shape index (κ2) is 7.40. The normalized spacial score (nSPS) is 11.7. The Balaban J connectivity index is 1.60. The molecular weight excluding hydrogens is 304 g/mol. The highest BCUT2D eigenvalue weighted by atomic mass is 16.5. The zero-order chi connectivity index (χ0) is 16.8. The van der Waals surface area contributed by atoms with Gasteiger partial charge in [0.25, 0.3) is 0 Å². The number of aliphatic hydroxyl groups excluding tert-OH is 1. The summed E-state index contributed by atoms with van der Waals surface area (Å²) < 4.78 is 7.40. The Morgan fingerprint density at radius 3 is 2.67 bits per heavy atom. The number of hydrogen-bond donors (Lipinski definition) is 1. The summed E-state index contributed by atoms with van der Waals surface area (Å²) in [5.41, 5.74) is 1.32. The lowest BCUT2D eigenvalue weighted by molar-refractivity contribution is 0.0928. The molecule has 0 aliphatic heterocycles. The van der Waals surface area contributed by atoms with E-state index >= 15 is 0 Å². The zero-order valence-corrected chi connectivity index (χ0v) is 12.9. The first-order valence-corrected chi connectivity index (χ1v) is 7.50. The van der Waals surface area contributed by atoms with E-state index in [1.54, 1.807) is 42.9 Å². The van der Waals surface area contributed by atoms with E-state index in [4.69, 9.17) is 10.00 Å². The summed E-state index contributed by atoms with van der Waals surface area (Å²) in [5, 5.41) is 19.0. The van der Waals surface area contributed by atoms with Crippen molar-refractivity contribution in [1.29, 1.82) is 5.26 Å². The number of hydrogen-bond acceptors (Lipinski definition) is 5. The molecule has 3 rings (SSSR count). The second-order valence-electron chi connectivity index (χ2n) is 5.22. The van der Waals surface area contributed by atoms with Crippen LogP contribution in [-0.2, 0) is 6.54 Å². The fourth-order valence-electron chi connectivity index (χ4n) is 2.28. The zero-order valence-electron chi connectivity index (χ0n) is 12.9. The number of benzene rings is 1. The largest absolute Gasteiger partial charge is 0.491 e. The van der Waals surface area contributed by atoms with Crippen molar-refractivity contribution < 1.29 is 9.84 Å². The average molecular weight is 320 g/mol. The first-order chi connectivity index (χ1) is 11.8. The quantitative estimate of drug-likeness (QED) is 0.753. The molecule has 3 aromatic rings. The van der Waals surface area contributed by atoms with Crippen molar-refractivity contribution in [2.75, 3.05) is 6.61 Å². The molecule has 1 atom stereocenters. The van der Waals surface area contributed by atoms with Crippen LogP contribution in [0.1, 0.15) is 5.56 Å². The summed E-state index contributed by atoms with van der Waals surface area (Å²) in [7, 11) is 0. The van der Waals surface area contributed by atoms with Crippen LogP contribution in [0.25, 0.3) is 11.5 Å². The monoisotopic (exact) mass is 320 g/mol. The molecule has 0 aliphatic rings. The van der Waals surface area contributed by atoms with Crippen molar-refractivity contribution in [2.24, 2.45) is 0 Å². The number of aromatic nitrogens is 3. The van der Waals surface area contributed by atoms with Gasteiger partial charge in [-0.2, -0.15) is 5.26 Å². The van der Waals surface area contributed by atoms with Crippen LogP contribution in [0, 0.1) is 11.3 Å². The van der Waals surface area contributed by atoms with Crippen molar-refractivity contribution >= 4 is 0 Å². The van der Waals surface area contributed by atoms with Crippen LogP contribution in [-0.4, -0.2) is 32.4 Å². The number of rotatable bonds is 6. The van der Waals surface area contributed by atoms with Gasteiger partial charge >= 0.3 is 0 Å².